The van der Waals surface area contributed by atoms with Crippen molar-refractivity contribution in [3.63, 3.8) is 0 Å². The molecular weight excluding hydrogens is 251 g/mol. The predicted molar refractivity (Wildman–Crippen MR) is 68.3 cm³/mol. The first kappa shape index (κ1) is 14.9. The Labute approximate surface area is 110 Å². The number of rotatable bonds is 4. The zero-order valence-electron chi connectivity index (χ0n) is 11.0. The molecule has 0 aliphatic carbocycles. The van der Waals surface area contributed by atoms with E-state index >= 15 is 0 Å². The van der Waals surface area contributed by atoms with Gasteiger partial charge in [0.25, 0.3) is 5.91 Å². The van der Waals surface area contributed by atoms with Crippen LogP contribution in [-0.4, -0.2) is 29.0 Å². The van der Waals surface area contributed by atoms with E-state index in [2.05, 4.69) is 10.6 Å². The largest absolute Gasteiger partial charge is 0.507 e. The highest BCUT2D eigenvalue weighted by atomic mass is 19.1. The zero-order chi connectivity index (χ0) is 14.6. The van der Waals surface area contributed by atoms with Gasteiger partial charge in [0.05, 0.1) is 0 Å². The molecule has 104 valence electrons. The third-order valence-corrected chi connectivity index (χ3v) is 2.39. The molecular formula is C13H17FN2O3. The van der Waals surface area contributed by atoms with Crippen molar-refractivity contribution in [2.75, 3.05) is 0 Å². The fourth-order valence-electron chi connectivity index (χ4n) is 1.48. The summed E-state index contributed by atoms with van der Waals surface area (Å²) in [6.07, 6.45) is 0. The van der Waals surface area contributed by atoms with Gasteiger partial charge in [-0.25, -0.2) is 4.39 Å². The van der Waals surface area contributed by atoms with Crippen molar-refractivity contribution in [3.8, 4) is 5.75 Å². The number of phenolic OH excluding ortho intramolecular Hbond substituents is 1. The molecule has 1 aromatic rings. The SMILES string of the molecule is CC(C)NC(=O)C(C)NC(=O)c1c(O)cccc1F. The predicted octanol–water partition coefficient (Wildman–Crippen LogP) is 1.17. The Morgan fingerprint density at radius 2 is 1.84 bits per heavy atom. The molecule has 3 N–H and O–H groups in total. The Morgan fingerprint density at radius 1 is 1.21 bits per heavy atom. The number of aromatic hydroxyl groups is 1. The van der Waals surface area contributed by atoms with Crippen LogP contribution in [-0.2, 0) is 4.79 Å². The van der Waals surface area contributed by atoms with Gasteiger partial charge in [-0.2, -0.15) is 0 Å². The van der Waals surface area contributed by atoms with Crippen molar-refractivity contribution >= 4 is 11.8 Å². The minimum absolute atomic E-state index is 0.0614. The Hall–Kier alpha value is -2.11. The number of halogens is 1. The number of amides is 2. The molecule has 0 aromatic heterocycles. The molecule has 2 amide bonds. The van der Waals surface area contributed by atoms with Gasteiger partial charge < -0.3 is 15.7 Å². The number of nitrogens with one attached hydrogen (secondary N) is 2. The van der Waals surface area contributed by atoms with Crippen molar-refractivity contribution in [3.05, 3.63) is 29.6 Å². The highest BCUT2D eigenvalue weighted by Crippen LogP contribution is 2.19. The summed E-state index contributed by atoms with van der Waals surface area (Å²) in [7, 11) is 0. The normalized spacial score (nSPS) is 12.1. The van der Waals surface area contributed by atoms with E-state index < -0.39 is 29.1 Å². The van der Waals surface area contributed by atoms with Gasteiger partial charge in [-0.1, -0.05) is 6.07 Å². The third-order valence-electron chi connectivity index (χ3n) is 2.39. The Morgan fingerprint density at radius 3 is 2.37 bits per heavy atom. The molecule has 6 heteroatoms. The summed E-state index contributed by atoms with van der Waals surface area (Å²) in [6.45, 7) is 5.05. The lowest BCUT2D eigenvalue weighted by Crippen LogP contribution is -2.46. The molecule has 1 rings (SSSR count). The van der Waals surface area contributed by atoms with E-state index in [1.807, 2.05) is 0 Å². The van der Waals surface area contributed by atoms with E-state index in [-0.39, 0.29) is 11.9 Å². The maximum atomic E-state index is 13.4. The van der Waals surface area contributed by atoms with Crippen LogP contribution in [0.25, 0.3) is 0 Å². The third kappa shape index (κ3) is 3.94. The van der Waals surface area contributed by atoms with Gasteiger partial charge >= 0.3 is 0 Å². The Kier molecular flexibility index (Phi) is 4.86. The summed E-state index contributed by atoms with van der Waals surface area (Å²) in [6, 6.07) is 2.67. The summed E-state index contributed by atoms with van der Waals surface area (Å²) >= 11 is 0. The lowest BCUT2D eigenvalue weighted by atomic mass is 10.1. The lowest BCUT2D eigenvalue weighted by Gasteiger charge is -2.16. The molecule has 0 bridgehead atoms. The molecule has 1 aromatic carbocycles. The average molecular weight is 268 g/mol. The molecule has 0 aliphatic heterocycles. The first-order valence-corrected chi connectivity index (χ1v) is 5.91. The van der Waals surface area contributed by atoms with Gasteiger partial charge in [-0.15, -0.1) is 0 Å². The van der Waals surface area contributed by atoms with E-state index in [9.17, 15) is 19.1 Å². The molecule has 0 radical (unpaired) electrons. The van der Waals surface area contributed by atoms with Crippen molar-refractivity contribution in [1.82, 2.24) is 10.6 Å². The van der Waals surface area contributed by atoms with Gasteiger partial charge in [0.1, 0.15) is 23.2 Å². The topological polar surface area (TPSA) is 78.4 Å². The molecule has 0 saturated heterocycles. The fraction of sp³-hybridized carbons (Fsp3) is 0.385. The second-order valence-electron chi connectivity index (χ2n) is 4.49. The lowest BCUT2D eigenvalue weighted by molar-refractivity contribution is -0.123. The van der Waals surface area contributed by atoms with Gasteiger partial charge in [-0.3, -0.25) is 9.59 Å². The fourth-order valence-corrected chi connectivity index (χ4v) is 1.48. The second kappa shape index (κ2) is 6.17. The number of hydrogen-bond acceptors (Lipinski definition) is 3. The standard InChI is InChI=1S/C13H17FN2O3/c1-7(2)15-12(18)8(3)16-13(19)11-9(14)5-4-6-10(11)17/h4-8,17H,1-3H3,(H,15,18)(H,16,19). The van der Waals surface area contributed by atoms with Gasteiger partial charge in [0.15, 0.2) is 0 Å². The summed E-state index contributed by atoms with van der Waals surface area (Å²) < 4.78 is 13.4. The Balaban J connectivity index is 2.77. The van der Waals surface area contributed by atoms with Gasteiger partial charge in [-0.05, 0) is 32.9 Å². The number of hydrogen-bond donors (Lipinski definition) is 3. The molecule has 0 fully saturated rings. The highest BCUT2D eigenvalue weighted by molar-refractivity contribution is 5.99. The van der Waals surface area contributed by atoms with Crippen LogP contribution in [0.5, 0.6) is 5.75 Å². The average Bonchev–Trinajstić information content (AvgIpc) is 2.27. The molecule has 0 heterocycles. The van der Waals surface area contributed by atoms with Crippen molar-refractivity contribution < 1.29 is 19.1 Å². The summed E-state index contributed by atoms with van der Waals surface area (Å²) in [4.78, 5) is 23.4. The minimum Gasteiger partial charge on any atom is -0.507 e. The molecule has 19 heavy (non-hydrogen) atoms. The van der Waals surface area contributed by atoms with E-state index in [4.69, 9.17) is 0 Å². The van der Waals surface area contributed by atoms with Crippen LogP contribution in [0.1, 0.15) is 31.1 Å². The molecule has 1 unspecified atom stereocenters. The number of carbonyl (C=O) groups excluding carboxylic acids is 2. The zero-order valence-corrected chi connectivity index (χ0v) is 11.0. The number of carbonyl (C=O) groups is 2. The second-order valence-corrected chi connectivity index (χ2v) is 4.49. The quantitative estimate of drug-likeness (QED) is 0.767. The minimum atomic E-state index is -0.839. The first-order valence-electron chi connectivity index (χ1n) is 5.91. The van der Waals surface area contributed by atoms with Crippen LogP contribution in [0.2, 0.25) is 0 Å². The maximum Gasteiger partial charge on any atom is 0.258 e. The number of benzene rings is 1. The molecule has 5 nitrogen and oxygen atoms in total. The molecule has 0 aliphatic rings. The van der Waals surface area contributed by atoms with Crippen LogP contribution in [0, 0.1) is 5.82 Å². The molecule has 0 saturated carbocycles. The Bertz CT molecular complexity index is 469. The van der Waals surface area contributed by atoms with Crippen molar-refractivity contribution in [2.24, 2.45) is 0 Å². The summed E-state index contributed by atoms with van der Waals surface area (Å²) in [5.74, 6) is -2.51. The van der Waals surface area contributed by atoms with Crippen molar-refractivity contribution in [1.29, 1.82) is 0 Å². The smallest absolute Gasteiger partial charge is 0.258 e. The summed E-state index contributed by atoms with van der Waals surface area (Å²) in [5.41, 5.74) is -0.466. The van der Waals surface area contributed by atoms with E-state index in [0.717, 1.165) is 6.07 Å². The van der Waals surface area contributed by atoms with Crippen molar-refractivity contribution in [2.45, 2.75) is 32.9 Å². The maximum absolute atomic E-state index is 13.4. The van der Waals surface area contributed by atoms with Gasteiger partial charge in [0.2, 0.25) is 5.91 Å². The van der Waals surface area contributed by atoms with Crippen LogP contribution < -0.4 is 10.6 Å². The van der Waals surface area contributed by atoms with Crippen LogP contribution in [0.15, 0.2) is 18.2 Å². The molecule has 0 spiro atoms. The van der Waals surface area contributed by atoms with Crippen LogP contribution >= 0.6 is 0 Å². The van der Waals surface area contributed by atoms with E-state index in [0.29, 0.717) is 0 Å². The summed E-state index contributed by atoms with van der Waals surface area (Å²) in [5, 5.41) is 14.4. The van der Waals surface area contributed by atoms with E-state index in [1.165, 1.54) is 19.1 Å². The number of phenols is 1. The van der Waals surface area contributed by atoms with Crippen LogP contribution in [0.4, 0.5) is 4.39 Å². The first-order chi connectivity index (χ1) is 8.82. The van der Waals surface area contributed by atoms with Gasteiger partial charge in [0, 0.05) is 6.04 Å². The highest BCUT2D eigenvalue weighted by Gasteiger charge is 2.21. The monoisotopic (exact) mass is 268 g/mol. The van der Waals surface area contributed by atoms with E-state index in [1.54, 1.807) is 13.8 Å². The van der Waals surface area contributed by atoms with Crippen LogP contribution in [0.3, 0.4) is 0 Å². The molecule has 1 atom stereocenters.